The van der Waals surface area contributed by atoms with Crippen molar-refractivity contribution in [3.8, 4) is 0 Å². The Morgan fingerprint density at radius 2 is 2.25 bits per heavy atom. The molecular formula is C14H23NO. The molecule has 1 atom stereocenters. The Kier molecular flexibility index (Phi) is 5.30. The lowest BCUT2D eigenvalue weighted by Gasteiger charge is -2.21. The molecule has 0 aromatic carbocycles. The topological polar surface area (TPSA) is 29.1 Å². The van der Waals surface area contributed by atoms with Crippen molar-refractivity contribution in [3.63, 3.8) is 0 Å². The zero-order valence-corrected chi connectivity index (χ0v) is 10.7. The van der Waals surface area contributed by atoms with E-state index in [2.05, 4.69) is 31.3 Å². The van der Waals surface area contributed by atoms with Gasteiger partial charge in [0.25, 0.3) is 0 Å². The summed E-state index contributed by atoms with van der Waals surface area (Å²) in [6.45, 7) is 5.97. The second-order valence-corrected chi connectivity index (χ2v) is 4.41. The number of hydrogen-bond acceptors (Lipinski definition) is 1. The summed E-state index contributed by atoms with van der Waals surface area (Å²) in [6.07, 6.45) is 9.90. The van der Waals surface area contributed by atoms with Gasteiger partial charge in [0.2, 0.25) is 5.91 Å². The molecular weight excluding hydrogens is 198 g/mol. The second-order valence-electron chi connectivity index (χ2n) is 4.41. The normalized spacial score (nSPS) is 16.7. The van der Waals surface area contributed by atoms with Crippen molar-refractivity contribution in [1.82, 2.24) is 5.32 Å². The number of nitrogens with one attached hydrogen (secondary N) is 1. The number of hydrogen-bond donors (Lipinski definition) is 1. The van der Waals surface area contributed by atoms with Crippen LogP contribution in [0.15, 0.2) is 23.3 Å². The van der Waals surface area contributed by atoms with Crippen LogP contribution in [0.25, 0.3) is 0 Å². The smallest absolute Gasteiger partial charge is 0.217 e. The van der Waals surface area contributed by atoms with E-state index < -0.39 is 0 Å². The lowest BCUT2D eigenvalue weighted by atomic mass is 9.96. The van der Waals surface area contributed by atoms with Crippen LogP contribution in [0.5, 0.6) is 0 Å². The Morgan fingerprint density at radius 3 is 2.81 bits per heavy atom. The molecule has 0 heterocycles. The van der Waals surface area contributed by atoms with Crippen molar-refractivity contribution in [2.24, 2.45) is 0 Å². The first kappa shape index (κ1) is 13.0. The van der Waals surface area contributed by atoms with Gasteiger partial charge in [-0.05, 0) is 30.4 Å². The maximum Gasteiger partial charge on any atom is 0.217 e. The number of unbranched alkanes of at least 4 members (excludes halogenated alkanes) is 1. The van der Waals surface area contributed by atoms with Crippen molar-refractivity contribution in [3.05, 3.63) is 23.3 Å². The molecule has 1 aliphatic carbocycles. The lowest BCUT2D eigenvalue weighted by Crippen LogP contribution is -2.34. The minimum Gasteiger partial charge on any atom is -0.350 e. The maximum absolute atomic E-state index is 11.2. The first-order valence-electron chi connectivity index (χ1n) is 6.34. The van der Waals surface area contributed by atoms with Gasteiger partial charge >= 0.3 is 0 Å². The highest BCUT2D eigenvalue weighted by Gasteiger charge is 2.19. The molecule has 90 valence electrons. The lowest BCUT2D eigenvalue weighted by molar-refractivity contribution is -0.119. The number of allylic oxidation sites excluding steroid dienone is 3. The SMILES string of the molecule is CCCCC(NC(C)=O)C1=C(CC)C=CC1. The van der Waals surface area contributed by atoms with Gasteiger partial charge in [0.1, 0.15) is 0 Å². The van der Waals surface area contributed by atoms with Gasteiger partial charge in [-0.15, -0.1) is 0 Å². The van der Waals surface area contributed by atoms with Gasteiger partial charge in [0.05, 0.1) is 6.04 Å². The van der Waals surface area contributed by atoms with Crippen molar-refractivity contribution < 1.29 is 4.79 Å². The monoisotopic (exact) mass is 221 g/mol. The second kappa shape index (κ2) is 6.51. The van der Waals surface area contributed by atoms with E-state index in [-0.39, 0.29) is 11.9 Å². The van der Waals surface area contributed by atoms with Crippen LogP contribution in [0.3, 0.4) is 0 Å². The predicted molar refractivity (Wildman–Crippen MR) is 68.2 cm³/mol. The van der Waals surface area contributed by atoms with Crippen LogP contribution in [0, 0.1) is 0 Å². The third-order valence-corrected chi connectivity index (χ3v) is 3.09. The first-order chi connectivity index (χ1) is 7.69. The third-order valence-electron chi connectivity index (χ3n) is 3.09. The third kappa shape index (κ3) is 3.51. The molecule has 1 unspecified atom stereocenters. The molecule has 0 aromatic rings. The maximum atomic E-state index is 11.2. The Hall–Kier alpha value is -1.05. The molecule has 1 amide bonds. The molecule has 1 N–H and O–H groups in total. The number of amides is 1. The zero-order chi connectivity index (χ0) is 12.0. The average molecular weight is 221 g/mol. The fourth-order valence-corrected chi connectivity index (χ4v) is 2.26. The molecule has 1 rings (SSSR count). The van der Waals surface area contributed by atoms with E-state index in [0.29, 0.717) is 0 Å². The standard InChI is InChI=1S/C14H23NO/c1-4-6-10-14(15-11(3)16)13-9-7-8-12(13)5-2/h7-8,14H,4-6,9-10H2,1-3H3,(H,15,16). The highest BCUT2D eigenvalue weighted by atomic mass is 16.1. The van der Waals surface area contributed by atoms with Gasteiger partial charge in [-0.2, -0.15) is 0 Å². The molecule has 0 bridgehead atoms. The zero-order valence-electron chi connectivity index (χ0n) is 10.7. The minimum absolute atomic E-state index is 0.0796. The Balaban J connectivity index is 2.71. The minimum atomic E-state index is 0.0796. The van der Waals surface area contributed by atoms with Gasteiger partial charge in [-0.25, -0.2) is 0 Å². The van der Waals surface area contributed by atoms with E-state index in [1.807, 2.05) is 0 Å². The molecule has 0 aromatic heterocycles. The first-order valence-corrected chi connectivity index (χ1v) is 6.34. The molecule has 16 heavy (non-hydrogen) atoms. The molecule has 0 spiro atoms. The van der Waals surface area contributed by atoms with Gasteiger partial charge in [-0.1, -0.05) is 38.8 Å². The van der Waals surface area contributed by atoms with E-state index in [1.54, 1.807) is 6.92 Å². The van der Waals surface area contributed by atoms with Gasteiger partial charge in [0.15, 0.2) is 0 Å². The summed E-state index contributed by atoms with van der Waals surface area (Å²) in [7, 11) is 0. The molecule has 0 saturated carbocycles. The highest BCUT2D eigenvalue weighted by Crippen LogP contribution is 2.26. The summed E-state index contributed by atoms with van der Waals surface area (Å²) in [5.41, 5.74) is 2.83. The fourth-order valence-electron chi connectivity index (χ4n) is 2.26. The Bertz CT molecular complexity index is 302. The molecule has 0 saturated heterocycles. The quantitative estimate of drug-likeness (QED) is 0.732. The van der Waals surface area contributed by atoms with Gasteiger partial charge < -0.3 is 5.32 Å². The summed E-state index contributed by atoms with van der Waals surface area (Å²) in [5.74, 6) is 0.0796. The van der Waals surface area contributed by atoms with Crippen LogP contribution >= 0.6 is 0 Å². The molecule has 0 fully saturated rings. The van der Waals surface area contributed by atoms with Crippen LogP contribution in [0.1, 0.15) is 52.9 Å². The molecule has 0 aliphatic heterocycles. The number of carbonyl (C=O) groups excluding carboxylic acids is 1. The van der Waals surface area contributed by atoms with Crippen LogP contribution in [0.4, 0.5) is 0 Å². The molecule has 0 radical (unpaired) electrons. The predicted octanol–water partition coefficient (Wildman–Crippen LogP) is 3.35. The fraction of sp³-hybridized carbons (Fsp3) is 0.643. The molecule has 1 aliphatic rings. The Labute approximate surface area is 98.8 Å². The molecule has 2 heteroatoms. The van der Waals surface area contributed by atoms with Crippen molar-refractivity contribution in [1.29, 1.82) is 0 Å². The van der Waals surface area contributed by atoms with E-state index in [1.165, 1.54) is 24.0 Å². The summed E-state index contributed by atoms with van der Waals surface area (Å²) in [6, 6.07) is 0.252. The summed E-state index contributed by atoms with van der Waals surface area (Å²) >= 11 is 0. The average Bonchev–Trinajstić information content (AvgIpc) is 2.71. The van der Waals surface area contributed by atoms with Crippen LogP contribution in [-0.2, 0) is 4.79 Å². The van der Waals surface area contributed by atoms with E-state index in [9.17, 15) is 4.79 Å². The van der Waals surface area contributed by atoms with Gasteiger partial charge in [-0.3, -0.25) is 4.79 Å². The summed E-state index contributed by atoms with van der Waals surface area (Å²) in [5, 5.41) is 3.08. The van der Waals surface area contributed by atoms with Gasteiger partial charge in [0, 0.05) is 6.92 Å². The molecule has 2 nitrogen and oxygen atoms in total. The van der Waals surface area contributed by atoms with Crippen LogP contribution in [-0.4, -0.2) is 11.9 Å². The van der Waals surface area contributed by atoms with Crippen molar-refractivity contribution in [2.45, 2.75) is 58.9 Å². The van der Waals surface area contributed by atoms with Crippen molar-refractivity contribution in [2.75, 3.05) is 0 Å². The summed E-state index contributed by atoms with van der Waals surface area (Å²) < 4.78 is 0. The largest absolute Gasteiger partial charge is 0.350 e. The highest BCUT2D eigenvalue weighted by molar-refractivity contribution is 5.73. The van der Waals surface area contributed by atoms with Crippen LogP contribution < -0.4 is 5.32 Å². The van der Waals surface area contributed by atoms with Crippen LogP contribution in [0.2, 0.25) is 0 Å². The van der Waals surface area contributed by atoms with E-state index in [4.69, 9.17) is 0 Å². The number of rotatable bonds is 6. The van der Waals surface area contributed by atoms with Crippen molar-refractivity contribution >= 4 is 5.91 Å². The van der Waals surface area contributed by atoms with E-state index in [0.717, 1.165) is 19.3 Å². The number of carbonyl (C=O) groups is 1. The summed E-state index contributed by atoms with van der Waals surface area (Å²) in [4.78, 5) is 11.2. The Morgan fingerprint density at radius 1 is 1.50 bits per heavy atom. The van der Waals surface area contributed by atoms with E-state index >= 15 is 0 Å².